The van der Waals surface area contributed by atoms with Gasteiger partial charge in [-0.05, 0) is 62.1 Å². The van der Waals surface area contributed by atoms with E-state index in [0.717, 1.165) is 21.6 Å². The summed E-state index contributed by atoms with van der Waals surface area (Å²) in [5.74, 6) is 0. The zero-order valence-corrected chi connectivity index (χ0v) is 15.9. The van der Waals surface area contributed by atoms with Gasteiger partial charge in [0, 0.05) is 9.64 Å². The maximum Gasteiger partial charge on any atom is 0.288 e. The molecule has 3 nitrogen and oxygen atoms in total. The van der Waals surface area contributed by atoms with Crippen molar-refractivity contribution in [2.24, 2.45) is 3.77 Å². The molecule has 126 valence electrons. The standard InChI is InChI=1S/C19H21NO2S2/c1-14-5-8-17(9-6-14)24(21,22)20-23-18-10-7-15(2)13-16(18)11-12-19(23,3)4/h5-13H,1-4H3. The van der Waals surface area contributed by atoms with Crippen LogP contribution in [0.1, 0.15) is 30.5 Å². The molecule has 3 rings (SSSR count). The normalized spacial score (nSPS) is 19.2. The van der Waals surface area contributed by atoms with E-state index in [4.69, 9.17) is 0 Å². The van der Waals surface area contributed by atoms with Gasteiger partial charge in [-0.25, -0.2) is 0 Å². The summed E-state index contributed by atoms with van der Waals surface area (Å²) in [6.45, 7) is 8.03. The summed E-state index contributed by atoms with van der Waals surface area (Å²) in [5, 5.41) is 0. The highest BCUT2D eigenvalue weighted by atomic mass is 32.3. The summed E-state index contributed by atoms with van der Waals surface area (Å²) >= 11 is 0. The molecule has 1 unspecified atom stereocenters. The second-order valence-electron chi connectivity index (χ2n) is 6.63. The van der Waals surface area contributed by atoms with Crippen LogP contribution >= 0.6 is 0 Å². The summed E-state index contributed by atoms with van der Waals surface area (Å²) in [4.78, 5) is 1.24. The van der Waals surface area contributed by atoms with E-state index < -0.39 is 20.7 Å². The Bertz CT molecular complexity index is 953. The van der Waals surface area contributed by atoms with Crippen molar-refractivity contribution >= 4 is 26.8 Å². The van der Waals surface area contributed by atoms with Gasteiger partial charge in [0.05, 0.1) is 4.90 Å². The first-order valence-electron chi connectivity index (χ1n) is 7.78. The molecule has 5 heteroatoms. The van der Waals surface area contributed by atoms with Crippen molar-refractivity contribution in [2.45, 2.75) is 42.2 Å². The number of rotatable bonds is 2. The Morgan fingerprint density at radius 2 is 1.58 bits per heavy atom. The molecule has 0 aliphatic carbocycles. The molecule has 2 aromatic carbocycles. The lowest BCUT2D eigenvalue weighted by atomic mass is 10.1. The van der Waals surface area contributed by atoms with Crippen LogP contribution in [0.3, 0.4) is 0 Å². The van der Waals surface area contributed by atoms with Crippen LogP contribution in [0, 0.1) is 13.8 Å². The highest BCUT2D eigenvalue weighted by Gasteiger charge is 2.29. The first kappa shape index (κ1) is 17.1. The molecule has 0 fully saturated rings. The van der Waals surface area contributed by atoms with Crippen LogP contribution in [-0.4, -0.2) is 13.2 Å². The van der Waals surface area contributed by atoms with Gasteiger partial charge in [-0.3, -0.25) is 0 Å². The van der Waals surface area contributed by atoms with Crippen molar-refractivity contribution in [3.63, 3.8) is 0 Å². The van der Waals surface area contributed by atoms with Gasteiger partial charge in [0.2, 0.25) is 0 Å². The number of nitrogens with zero attached hydrogens (tertiary/aromatic N) is 1. The predicted molar refractivity (Wildman–Crippen MR) is 101 cm³/mol. The monoisotopic (exact) mass is 359 g/mol. The second kappa shape index (κ2) is 5.97. The molecule has 0 spiro atoms. The fraction of sp³-hybridized carbons (Fsp3) is 0.263. The summed E-state index contributed by atoms with van der Waals surface area (Å²) < 4.78 is 29.6. The van der Waals surface area contributed by atoms with Gasteiger partial charge in [-0.15, -0.1) is 3.77 Å². The Kier molecular flexibility index (Phi) is 4.26. The lowest BCUT2D eigenvalue weighted by Gasteiger charge is -2.29. The molecule has 24 heavy (non-hydrogen) atoms. The summed E-state index contributed by atoms with van der Waals surface area (Å²) in [6.07, 6.45) is 4.13. The molecule has 0 saturated carbocycles. The Hall–Kier alpha value is -1.72. The van der Waals surface area contributed by atoms with Crippen molar-refractivity contribution < 1.29 is 8.42 Å². The second-order valence-corrected chi connectivity index (χ2v) is 10.7. The van der Waals surface area contributed by atoms with Gasteiger partial charge in [-0.1, -0.05) is 47.5 Å². The predicted octanol–water partition coefficient (Wildman–Crippen LogP) is 4.66. The molecule has 2 aromatic rings. The molecule has 0 aromatic heterocycles. The zero-order valence-electron chi connectivity index (χ0n) is 14.3. The quantitative estimate of drug-likeness (QED) is 0.783. The van der Waals surface area contributed by atoms with Crippen molar-refractivity contribution in [2.75, 3.05) is 0 Å². The molecule has 1 atom stereocenters. The van der Waals surface area contributed by atoms with E-state index in [1.807, 2.05) is 39.8 Å². The molecule has 1 aliphatic heterocycles. The average molecular weight is 360 g/mol. The van der Waals surface area contributed by atoms with Gasteiger partial charge in [0.15, 0.2) is 0 Å². The van der Waals surface area contributed by atoms with Crippen LogP contribution in [0.4, 0.5) is 0 Å². The molecule has 0 amide bonds. The van der Waals surface area contributed by atoms with Gasteiger partial charge in [-0.2, -0.15) is 8.42 Å². The number of hydrogen-bond acceptors (Lipinski definition) is 2. The van der Waals surface area contributed by atoms with Crippen LogP contribution in [0.2, 0.25) is 0 Å². The Morgan fingerprint density at radius 3 is 2.25 bits per heavy atom. The fourth-order valence-electron chi connectivity index (χ4n) is 2.60. The number of fused-ring (bicyclic) bond motifs is 1. The molecule has 1 aliphatic rings. The lowest BCUT2D eigenvalue weighted by molar-refractivity contribution is 0.598. The Morgan fingerprint density at radius 1 is 0.958 bits per heavy atom. The van der Waals surface area contributed by atoms with Crippen molar-refractivity contribution in [3.8, 4) is 0 Å². The zero-order chi connectivity index (χ0) is 17.5. The van der Waals surface area contributed by atoms with E-state index in [1.165, 1.54) is 0 Å². The van der Waals surface area contributed by atoms with E-state index in [-0.39, 0.29) is 9.64 Å². The third kappa shape index (κ3) is 3.23. The summed E-state index contributed by atoms with van der Waals surface area (Å²) in [5.41, 5.74) is 3.24. The topological polar surface area (TPSA) is 46.5 Å². The minimum absolute atomic E-state index is 0.250. The van der Waals surface area contributed by atoms with Crippen LogP contribution in [0.25, 0.3) is 6.08 Å². The van der Waals surface area contributed by atoms with Crippen LogP contribution in [0.15, 0.2) is 62.1 Å². The van der Waals surface area contributed by atoms with Crippen LogP contribution < -0.4 is 0 Å². The number of sulfonamides is 1. The van der Waals surface area contributed by atoms with Crippen LogP contribution in [0.5, 0.6) is 0 Å². The first-order valence-corrected chi connectivity index (χ1v) is 10.4. The van der Waals surface area contributed by atoms with Gasteiger partial charge in [0.25, 0.3) is 10.0 Å². The molecule has 0 N–H and O–H groups in total. The van der Waals surface area contributed by atoms with Crippen molar-refractivity contribution in [3.05, 3.63) is 65.2 Å². The van der Waals surface area contributed by atoms with Crippen molar-refractivity contribution in [1.82, 2.24) is 0 Å². The maximum atomic E-state index is 12.8. The summed E-state index contributed by atoms with van der Waals surface area (Å²) in [7, 11) is -4.46. The van der Waals surface area contributed by atoms with E-state index in [0.29, 0.717) is 0 Å². The highest BCUT2D eigenvalue weighted by molar-refractivity contribution is 8.01. The average Bonchev–Trinajstić information content (AvgIpc) is 2.51. The minimum Gasteiger partial charge on any atom is -0.199 e. The number of aryl methyl sites for hydroxylation is 2. The van der Waals surface area contributed by atoms with E-state index >= 15 is 0 Å². The molecule has 0 bridgehead atoms. The van der Waals surface area contributed by atoms with Gasteiger partial charge < -0.3 is 0 Å². The first-order chi connectivity index (χ1) is 11.2. The van der Waals surface area contributed by atoms with Gasteiger partial charge in [0.1, 0.15) is 0 Å². The third-order valence-electron chi connectivity index (χ3n) is 4.03. The molecule has 0 radical (unpaired) electrons. The van der Waals surface area contributed by atoms with Crippen LogP contribution in [-0.2, 0) is 20.7 Å². The minimum atomic E-state index is -3.70. The largest absolute Gasteiger partial charge is 0.288 e. The van der Waals surface area contributed by atoms with E-state index in [9.17, 15) is 8.42 Å². The molecule has 0 saturated heterocycles. The van der Waals surface area contributed by atoms with E-state index in [1.54, 1.807) is 24.3 Å². The Balaban J connectivity index is 2.17. The number of hydrogen-bond donors (Lipinski definition) is 0. The van der Waals surface area contributed by atoms with Crippen molar-refractivity contribution in [1.29, 1.82) is 0 Å². The maximum absolute atomic E-state index is 12.8. The van der Waals surface area contributed by atoms with E-state index in [2.05, 4.69) is 22.0 Å². The number of benzene rings is 2. The third-order valence-corrected chi connectivity index (χ3v) is 8.20. The SMILES string of the molecule is Cc1ccc(S(=O)(=O)/N=S2/c3ccc(C)cc3C=CC2(C)C)cc1. The molecule has 1 heterocycles. The lowest BCUT2D eigenvalue weighted by Crippen LogP contribution is -2.27. The Labute approximate surface area is 146 Å². The van der Waals surface area contributed by atoms with Gasteiger partial charge >= 0.3 is 0 Å². The molecular formula is C19H21NO2S2. The highest BCUT2D eigenvalue weighted by Crippen LogP contribution is 2.35. The fourth-order valence-corrected chi connectivity index (χ4v) is 6.61. The summed E-state index contributed by atoms with van der Waals surface area (Å²) in [6, 6.07) is 13.0. The molecular weight excluding hydrogens is 338 g/mol. The smallest absolute Gasteiger partial charge is 0.199 e.